The smallest absolute Gasteiger partial charge is 0.101 e. The second kappa shape index (κ2) is 4.95. The van der Waals surface area contributed by atoms with Gasteiger partial charge in [-0.15, -0.1) is 0 Å². The van der Waals surface area contributed by atoms with Gasteiger partial charge in [0.2, 0.25) is 0 Å². The van der Waals surface area contributed by atoms with E-state index in [9.17, 15) is 0 Å². The first-order chi connectivity index (χ1) is 4.70. The van der Waals surface area contributed by atoms with E-state index in [0.29, 0.717) is 10.2 Å². The lowest BCUT2D eigenvalue weighted by Gasteiger charge is -1.83. The average molecular weight is 199 g/mol. The molecule has 0 unspecified atom stereocenters. The van der Waals surface area contributed by atoms with Crippen LogP contribution in [0.1, 0.15) is 6.92 Å². The molecule has 10 heavy (non-hydrogen) atoms. The maximum Gasteiger partial charge on any atom is 0.101 e. The molecule has 0 aromatic rings. The number of hydrogen-bond acceptors (Lipinski definition) is 2. The standard InChI is InChI=1S/C7H7BrN2/c1-3-7(8)10-5-6(2)4-9/h3,5H,2H2,1H3/b7-3-,10-5?. The van der Waals surface area contributed by atoms with Gasteiger partial charge >= 0.3 is 0 Å². The van der Waals surface area contributed by atoms with Crippen LogP contribution in [0.25, 0.3) is 0 Å². The molecule has 3 heteroatoms. The highest BCUT2D eigenvalue weighted by atomic mass is 79.9. The first kappa shape index (κ1) is 9.12. The summed E-state index contributed by atoms with van der Waals surface area (Å²) in [6, 6.07) is 1.85. The summed E-state index contributed by atoms with van der Waals surface area (Å²) in [6.45, 7) is 5.26. The Morgan fingerprint density at radius 1 is 1.80 bits per heavy atom. The maximum absolute atomic E-state index is 8.24. The number of rotatable bonds is 2. The van der Waals surface area contributed by atoms with Crippen LogP contribution in [0.5, 0.6) is 0 Å². The van der Waals surface area contributed by atoms with E-state index < -0.39 is 0 Å². The minimum absolute atomic E-state index is 0.346. The van der Waals surface area contributed by atoms with Crippen molar-refractivity contribution in [3.63, 3.8) is 0 Å². The van der Waals surface area contributed by atoms with Gasteiger partial charge in [-0.2, -0.15) is 5.26 Å². The molecule has 0 N–H and O–H groups in total. The minimum atomic E-state index is 0.346. The van der Waals surface area contributed by atoms with Crippen LogP contribution in [-0.4, -0.2) is 6.21 Å². The van der Waals surface area contributed by atoms with E-state index in [0.717, 1.165) is 0 Å². The molecular weight excluding hydrogens is 192 g/mol. The van der Waals surface area contributed by atoms with Gasteiger partial charge in [-0.3, -0.25) is 0 Å². The zero-order valence-corrected chi connectivity index (χ0v) is 7.22. The number of aliphatic imine (C=N–C) groups is 1. The number of nitriles is 1. The first-order valence-corrected chi connectivity index (χ1v) is 3.45. The maximum atomic E-state index is 8.24. The summed E-state index contributed by atoms with van der Waals surface area (Å²) >= 11 is 3.15. The summed E-state index contributed by atoms with van der Waals surface area (Å²) in [5, 5.41) is 8.24. The molecule has 0 rings (SSSR count). The Morgan fingerprint density at radius 2 is 2.40 bits per heavy atom. The Bertz CT molecular complexity index is 220. The largest absolute Gasteiger partial charge is 0.248 e. The van der Waals surface area contributed by atoms with Crippen molar-refractivity contribution in [1.82, 2.24) is 0 Å². The van der Waals surface area contributed by atoms with Crippen molar-refractivity contribution in [1.29, 1.82) is 5.26 Å². The molecule has 0 saturated carbocycles. The summed E-state index contributed by atoms with van der Waals surface area (Å²) in [5.41, 5.74) is 0.346. The Kier molecular flexibility index (Phi) is 4.51. The third-order valence-corrected chi connectivity index (χ3v) is 1.39. The number of halogens is 1. The lowest BCUT2D eigenvalue weighted by molar-refractivity contribution is 1.49. The molecule has 0 aromatic heterocycles. The van der Waals surface area contributed by atoms with E-state index in [-0.39, 0.29) is 0 Å². The third kappa shape index (κ3) is 4.04. The van der Waals surface area contributed by atoms with E-state index in [1.54, 1.807) is 6.08 Å². The molecule has 0 bridgehead atoms. The molecule has 0 atom stereocenters. The Balaban J connectivity index is 4.04. The Morgan fingerprint density at radius 3 is 2.80 bits per heavy atom. The van der Waals surface area contributed by atoms with E-state index >= 15 is 0 Å². The molecule has 0 spiro atoms. The van der Waals surface area contributed by atoms with Crippen LogP contribution < -0.4 is 0 Å². The number of allylic oxidation sites excluding steroid dienone is 2. The van der Waals surface area contributed by atoms with Crippen molar-refractivity contribution in [2.75, 3.05) is 0 Å². The van der Waals surface area contributed by atoms with Crippen molar-refractivity contribution < 1.29 is 0 Å². The zero-order valence-electron chi connectivity index (χ0n) is 5.63. The van der Waals surface area contributed by atoms with Crippen molar-refractivity contribution >= 4 is 22.1 Å². The molecule has 52 valence electrons. The van der Waals surface area contributed by atoms with Gasteiger partial charge in [0.1, 0.15) is 10.7 Å². The first-order valence-electron chi connectivity index (χ1n) is 2.65. The SMILES string of the molecule is C=C(C#N)C=N/C(Br)=C\C. The van der Waals surface area contributed by atoms with Crippen LogP contribution in [-0.2, 0) is 0 Å². The highest BCUT2D eigenvalue weighted by Crippen LogP contribution is 2.04. The molecule has 0 amide bonds. The van der Waals surface area contributed by atoms with Crippen LogP contribution in [0.2, 0.25) is 0 Å². The van der Waals surface area contributed by atoms with E-state index in [2.05, 4.69) is 27.5 Å². The Labute approximate surface area is 68.7 Å². The van der Waals surface area contributed by atoms with Crippen molar-refractivity contribution in [2.24, 2.45) is 4.99 Å². The van der Waals surface area contributed by atoms with Gasteiger partial charge in [0.05, 0.1) is 5.57 Å². The van der Waals surface area contributed by atoms with Gasteiger partial charge < -0.3 is 0 Å². The second-order valence-electron chi connectivity index (χ2n) is 1.51. The summed E-state index contributed by atoms with van der Waals surface area (Å²) in [4.78, 5) is 3.84. The fraction of sp³-hybridized carbons (Fsp3) is 0.143. The monoisotopic (exact) mass is 198 g/mol. The van der Waals surface area contributed by atoms with Gasteiger partial charge in [-0.05, 0) is 22.9 Å². The molecule has 0 saturated heterocycles. The lowest BCUT2D eigenvalue weighted by Crippen LogP contribution is -1.75. The van der Waals surface area contributed by atoms with Crippen LogP contribution in [0.4, 0.5) is 0 Å². The summed E-state index contributed by atoms with van der Waals surface area (Å²) in [6.07, 6.45) is 3.19. The topological polar surface area (TPSA) is 36.1 Å². The van der Waals surface area contributed by atoms with Gasteiger partial charge in [-0.25, -0.2) is 4.99 Å². The van der Waals surface area contributed by atoms with Crippen molar-refractivity contribution in [2.45, 2.75) is 6.92 Å². The summed E-state index contributed by atoms with van der Waals surface area (Å²) < 4.78 is 0.698. The highest BCUT2D eigenvalue weighted by molar-refractivity contribution is 9.11. The highest BCUT2D eigenvalue weighted by Gasteiger charge is 1.83. The predicted molar refractivity (Wildman–Crippen MR) is 45.9 cm³/mol. The van der Waals surface area contributed by atoms with Crippen LogP contribution in [0, 0.1) is 11.3 Å². The molecule has 0 fully saturated rings. The minimum Gasteiger partial charge on any atom is -0.248 e. The zero-order chi connectivity index (χ0) is 7.98. The molecule has 0 aliphatic rings. The van der Waals surface area contributed by atoms with Crippen LogP contribution >= 0.6 is 15.9 Å². The normalized spacial score (nSPS) is 11.5. The van der Waals surface area contributed by atoms with E-state index in [1.165, 1.54) is 6.21 Å². The average Bonchev–Trinajstić information content (AvgIpc) is 1.99. The molecular formula is C7H7BrN2. The van der Waals surface area contributed by atoms with E-state index in [4.69, 9.17) is 5.26 Å². The summed E-state index contributed by atoms with van der Waals surface area (Å²) in [7, 11) is 0. The van der Waals surface area contributed by atoms with Gasteiger partial charge in [-0.1, -0.05) is 12.7 Å². The fourth-order valence-corrected chi connectivity index (χ4v) is 0.345. The van der Waals surface area contributed by atoms with Crippen molar-refractivity contribution in [3.8, 4) is 6.07 Å². The molecule has 0 heterocycles. The van der Waals surface area contributed by atoms with Crippen LogP contribution in [0.3, 0.4) is 0 Å². The molecule has 0 aliphatic carbocycles. The predicted octanol–water partition coefficient (Wildman–Crippen LogP) is 2.39. The molecule has 0 aromatic carbocycles. The van der Waals surface area contributed by atoms with Gasteiger partial charge in [0, 0.05) is 6.21 Å². The fourth-order valence-electron chi connectivity index (χ4n) is 0.243. The molecule has 2 nitrogen and oxygen atoms in total. The van der Waals surface area contributed by atoms with Gasteiger partial charge in [0.25, 0.3) is 0 Å². The molecule has 0 radical (unpaired) electrons. The second-order valence-corrected chi connectivity index (χ2v) is 2.32. The van der Waals surface area contributed by atoms with Gasteiger partial charge in [0.15, 0.2) is 0 Å². The molecule has 0 aliphatic heterocycles. The number of hydrogen-bond donors (Lipinski definition) is 0. The summed E-state index contributed by atoms with van der Waals surface area (Å²) in [5.74, 6) is 0. The van der Waals surface area contributed by atoms with Crippen molar-refractivity contribution in [3.05, 3.63) is 22.8 Å². The van der Waals surface area contributed by atoms with E-state index in [1.807, 2.05) is 13.0 Å². The lowest BCUT2D eigenvalue weighted by atomic mass is 10.4. The third-order valence-electron chi connectivity index (χ3n) is 0.726. The Hall–Kier alpha value is -0.880. The van der Waals surface area contributed by atoms with Crippen LogP contribution in [0.15, 0.2) is 27.8 Å². The number of nitrogens with zero attached hydrogens (tertiary/aromatic N) is 2. The quantitative estimate of drug-likeness (QED) is 0.382.